The van der Waals surface area contributed by atoms with E-state index in [-0.39, 0.29) is 17.1 Å². The number of hydrogen-bond acceptors (Lipinski definition) is 5. The highest BCUT2D eigenvalue weighted by Gasteiger charge is 2.26. The predicted octanol–water partition coefficient (Wildman–Crippen LogP) is 4.31. The van der Waals surface area contributed by atoms with Gasteiger partial charge in [0.1, 0.15) is 6.61 Å². The van der Waals surface area contributed by atoms with Crippen molar-refractivity contribution in [2.24, 2.45) is 0 Å². The lowest BCUT2D eigenvalue weighted by atomic mass is 10.1. The highest BCUT2D eigenvalue weighted by Crippen LogP contribution is 2.29. The summed E-state index contributed by atoms with van der Waals surface area (Å²) in [5.41, 5.74) is 3.11. The summed E-state index contributed by atoms with van der Waals surface area (Å²) in [4.78, 5) is 26.5. The van der Waals surface area contributed by atoms with Gasteiger partial charge in [-0.2, -0.15) is 0 Å². The molecule has 9 heteroatoms. The maximum atomic E-state index is 13.1. The van der Waals surface area contributed by atoms with E-state index in [9.17, 15) is 18.0 Å². The molecule has 0 bridgehead atoms. The van der Waals surface area contributed by atoms with Crippen LogP contribution in [0.4, 0.5) is 21.9 Å². The van der Waals surface area contributed by atoms with Crippen LogP contribution in [0.2, 0.25) is 0 Å². The summed E-state index contributed by atoms with van der Waals surface area (Å²) in [5.74, 6) is -0.486. The van der Waals surface area contributed by atoms with Crippen LogP contribution in [0.1, 0.15) is 21.5 Å². The number of amides is 2. The minimum Gasteiger partial charge on any atom is -0.447 e. The fourth-order valence-corrected chi connectivity index (χ4v) is 4.63. The average molecular weight is 466 g/mol. The molecule has 0 atom stereocenters. The zero-order chi connectivity index (χ0) is 23.6. The third kappa shape index (κ3) is 4.83. The first-order chi connectivity index (χ1) is 15.7. The first-order valence-corrected chi connectivity index (χ1v) is 11.8. The van der Waals surface area contributed by atoms with Crippen molar-refractivity contribution in [2.75, 3.05) is 28.1 Å². The molecule has 2 amide bonds. The Morgan fingerprint density at radius 1 is 1.00 bits per heavy atom. The van der Waals surface area contributed by atoms with Crippen molar-refractivity contribution in [3.63, 3.8) is 0 Å². The molecule has 0 aromatic heterocycles. The van der Waals surface area contributed by atoms with E-state index in [1.165, 1.54) is 17.0 Å². The van der Waals surface area contributed by atoms with Gasteiger partial charge in [-0.1, -0.05) is 30.3 Å². The number of anilines is 3. The molecule has 4 rings (SSSR count). The van der Waals surface area contributed by atoms with Crippen LogP contribution in [0.25, 0.3) is 0 Å². The van der Waals surface area contributed by atoms with Gasteiger partial charge in [0.05, 0.1) is 22.8 Å². The van der Waals surface area contributed by atoms with Crippen molar-refractivity contribution in [1.82, 2.24) is 0 Å². The van der Waals surface area contributed by atoms with Crippen molar-refractivity contribution >= 4 is 39.1 Å². The van der Waals surface area contributed by atoms with Crippen LogP contribution in [-0.4, -0.2) is 33.6 Å². The van der Waals surface area contributed by atoms with Crippen LogP contribution in [-0.2, 0) is 14.8 Å². The fourth-order valence-electron chi connectivity index (χ4n) is 3.55. The second-order valence-corrected chi connectivity index (χ2v) is 9.37. The van der Waals surface area contributed by atoms with Crippen LogP contribution >= 0.6 is 0 Å². The van der Waals surface area contributed by atoms with E-state index in [1.54, 1.807) is 55.5 Å². The molecule has 0 aliphatic carbocycles. The van der Waals surface area contributed by atoms with E-state index in [4.69, 9.17) is 4.74 Å². The van der Waals surface area contributed by atoms with Gasteiger partial charge in [0.15, 0.2) is 0 Å². The Morgan fingerprint density at radius 3 is 2.52 bits per heavy atom. The molecule has 1 aliphatic heterocycles. The number of nitrogens with zero attached hydrogens (tertiary/aromatic N) is 1. The Balaban J connectivity index is 1.61. The molecule has 2 N–H and O–H groups in total. The number of nitrogens with one attached hydrogen (secondary N) is 2. The molecular weight excluding hydrogens is 442 g/mol. The molecule has 1 heterocycles. The van der Waals surface area contributed by atoms with Gasteiger partial charge in [-0.15, -0.1) is 0 Å². The number of para-hydroxylation sites is 2. The quantitative estimate of drug-likeness (QED) is 0.564. The molecule has 170 valence electrons. The van der Waals surface area contributed by atoms with Gasteiger partial charge in [0.25, 0.3) is 15.9 Å². The highest BCUT2D eigenvalue weighted by atomic mass is 32.2. The number of rotatable bonds is 6. The van der Waals surface area contributed by atoms with Crippen molar-refractivity contribution in [3.05, 3.63) is 83.4 Å². The van der Waals surface area contributed by atoms with Gasteiger partial charge in [0, 0.05) is 11.3 Å². The highest BCUT2D eigenvalue weighted by molar-refractivity contribution is 7.92. The topological polar surface area (TPSA) is 105 Å². The fraction of sp³-hybridized carbons (Fsp3) is 0.167. The van der Waals surface area contributed by atoms with Gasteiger partial charge in [-0.3, -0.25) is 14.4 Å². The summed E-state index contributed by atoms with van der Waals surface area (Å²) in [7, 11) is -3.90. The number of carbonyl (C=O) groups excluding carboxylic acids is 2. The second-order valence-electron chi connectivity index (χ2n) is 7.69. The van der Waals surface area contributed by atoms with E-state index in [1.807, 2.05) is 13.0 Å². The summed E-state index contributed by atoms with van der Waals surface area (Å²) in [6.45, 7) is 4.24. The van der Waals surface area contributed by atoms with Crippen LogP contribution in [0.5, 0.6) is 0 Å². The second kappa shape index (κ2) is 8.95. The van der Waals surface area contributed by atoms with Crippen LogP contribution < -0.4 is 14.9 Å². The molecule has 1 aliphatic rings. The number of cyclic esters (lactones) is 1. The predicted molar refractivity (Wildman–Crippen MR) is 126 cm³/mol. The number of aryl methyl sites for hydroxylation is 2. The number of benzene rings is 3. The number of sulfonamides is 1. The summed E-state index contributed by atoms with van der Waals surface area (Å²) >= 11 is 0. The number of hydrogen-bond donors (Lipinski definition) is 2. The van der Waals surface area contributed by atoms with Gasteiger partial charge in [0.2, 0.25) is 0 Å². The molecule has 0 unspecified atom stereocenters. The lowest BCUT2D eigenvalue weighted by molar-refractivity contribution is 0.102. The van der Waals surface area contributed by atoms with E-state index >= 15 is 0 Å². The first kappa shape index (κ1) is 22.3. The Morgan fingerprint density at radius 2 is 1.79 bits per heavy atom. The van der Waals surface area contributed by atoms with Gasteiger partial charge >= 0.3 is 6.09 Å². The van der Waals surface area contributed by atoms with E-state index in [0.29, 0.717) is 29.2 Å². The molecular formula is C24H23N3O5S. The summed E-state index contributed by atoms with van der Waals surface area (Å²) in [5, 5.41) is 2.80. The summed E-state index contributed by atoms with van der Waals surface area (Å²) in [6, 6.07) is 18.3. The van der Waals surface area contributed by atoms with Crippen LogP contribution in [0.15, 0.2) is 71.6 Å². The standard InChI is InChI=1S/C24H23N3O5S/c1-16-6-5-7-18(14-16)26-33(30,31)19-11-10-17(2)20(15-19)23(28)25-21-8-3-4-9-22(21)27-12-13-32-24(27)29/h3-11,14-15,26H,12-13H2,1-2H3,(H,25,28). The summed E-state index contributed by atoms with van der Waals surface area (Å²) < 4.78 is 33.4. The van der Waals surface area contributed by atoms with E-state index in [0.717, 1.165) is 5.56 Å². The molecule has 3 aromatic rings. The zero-order valence-electron chi connectivity index (χ0n) is 18.2. The molecule has 8 nitrogen and oxygen atoms in total. The number of ether oxygens (including phenoxy) is 1. The van der Waals surface area contributed by atoms with Crippen molar-refractivity contribution in [2.45, 2.75) is 18.7 Å². The molecule has 3 aromatic carbocycles. The Labute approximate surface area is 192 Å². The SMILES string of the molecule is Cc1cccc(NS(=O)(=O)c2ccc(C)c(C(=O)Nc3ccccc3N3CCOC3=O)c2)c1. The maximum absolute atomic E-state index is 13.1. The molecule has 1 saturated heterocycles. The van der Waals surface area contributed by atoms with Crippen LogP contribution in [0.3, 0.4) is 0 Å². The van der Waals surface area contributed by atoms with Crippen molar-refractivity contribution < 1.29 is 22.7 Å². The van der Waals surface area contributed by atoms with Crippen molar-refractivity contribution in [3.8, 4) is 0 Å². The molecule has 33 heavy (non-hydrogen) atoms. The first-order valence-electron chi connectivity index (χ1n) is 10.3. The molecule has 0 saturated carbocycles. The van der Waals surface area contributed by atoms with E-state index < -0.39 is 22.0 Å². The van der Waals surface area contributed by atoms with Gasteiger partial charge in [-0.25, -0.2) is 13.2 Å². The lowest BCUT2D eigenvalue weighted by Gasteiger charge is -2.18. The molecule has 0 spiro atoms. The Bertz CT molecular complexity index is 1340. The smallest absolute Gasteiger partial charge is 0.414 e. The van der Waals surface area contributed by atoms with E-state index in [2.05, 4.69) is 10.0 Å². The number of carbonyl (C=O) groups is 2. The zero-order valence-corrected chi connectivity index (χ0v) is 19.0. The third-order valence-corrected chi connectivity index (χ3v) is 6.62. The third-order valence-electron chi connectivity index (χ3n) is 5.24. The minimum absolute atomic E-state index is 0.0313. The Kier molecular flexibility index (Phi) is 6.06. The molecule has 1 fully saturated rings. The monoisotopic (exact) mass is 465 g/mol. The van der Waals surface area contributed by atoms with Crippen molar-refractivity contribution in [1.29, 1.82) is 0 Å². The minimum atomic E-state index is -3.90. The average Bonchev–Trinajstić information content (AvgIpc) is 3.19. The lowest BCUT2D eigenvalue weighted by Crippen LogP contribution is -2.25. The Hall–Kier alpha value is -3.85. The largest absolute Gasteiger partial charge is 0.447 e. The van der Waals surface area contributed by atoms with Gasteiger partial charge < -0.3 is 10.1 Å². The van der Waals surface area contributed by atoms with Crippen LogP contribution in [0, 0.1) is 13.8 Å². The van der Waals surface area contributed by atoms with Gasteiger partial charge in [-0.05, 0) is 61.4 Å². The maximum Gasteiger partial charge on any atom is 0.414 e. The summed E-state index contributed by atoms with van der Waals surface area (Å²) in [6.07, 6.45) is -0.483. The molecule has 0 radical (unpaired) electrons. The normalized spacial score (nSPS) is 13.5.